The van der Waals surface area contributed by atoms with Gasteiger partial charge in [0.15, 0.2) is 0 Å². The van der Waals surface area contributed by atoms with Gasteiger partial charge in [-0.2, -0.15) is 0 Å². The summed E-state index contributed by atoms with van der Waals surface area (Å²) in [5.74, 6) is 1.15. The number of hydrogen-bond acceptors (Lipinski definition) is 4. The van der Waals surface area contributed by atoms with Gasteiger partial charge in [0.05, 0.1) is 11.3 Å². The van der Waals surface area contributed by atoms with Gasteiger partial charge in [-0.15, -0.1) is 0 Å². The number of hydrogen-bond donors (Lipinski definition) is 1. The lowest BCUT2D eigenvalue weighted by Gasteiger charge is -2.28. The molecule has 0 saturated heterocycles. The molecule has 3 rings (SSSR count). The van der Waals surface area contributed by atoms with Crippen molar-refractivity contribution in [3.8, 4) is 5.75 Å². The molecule has 1 aliphatic rings. The minimum atomic E-state index is -0.0658. The summed E-state index contributed by atoms with van der Waals surface area (Å²) < 4.78 is 5.63. The zero-order valence-corrected chi connectivity index (χ0v) is 15.7. The molecule has 5 nitrogen and oxygen atoms in total. The molecule has 1 fully saturated rings. The fraction of sp³-hybridized carbons (Fsp3) is 0.450. The molecule has 2 aromatic rings. The van der Waals surface area contributed by atoms with Crippen LogP contribution < -0.4 is 10.1 Å². The van der Waals surface area contributed by atoms with Crippen LogP contribution in [-0.4, -0.2) is 21.9 Å². The van der Waals surface area contributed by atoms with E-state index in [4.69, 9.17) is 16.3 Å². The monoisotopic (exact) mass is 373 g/mol. The SMILES string of the molecule is CC(NC(=O)c1ccc(COc2ccnc(Cl)c2)nc1)C1CCCCC1. The summed E-state index contributed by atoms with van der Waals surface area (Å²) in [6, 6.07) is 7.18. The molecule has 6 heteroatoms. The highest BCUT2D eigenvalue weighted by Crippen LogP contribution is 2.26. The molecule has 1 aliphatic carbocycles. The molecule has 0 bridgehead atoms. The lowest BCUT2D eigenvalue weighted by Crippen LogP contribution is -2.38. The number of ether oxygens (including phenoxy) is 1. The van der Waals surface area contributed by atoms with Crippen molar-refractivity contribution in [1.29, 1.82) is 0 Å². The molecule has 26 heavy (non-hydrogen) atoms. The van der Waals surface area contributed by atoms with Crippen LogP contribution >= 0.6 is 11.6 Å². The molecule has 138 valence electrons. The second-order valence-electron chi connectivity index (χ2n) is 6.80. The zero-order chi connectivity index (χ0) is 18.4. The van der Waals surface area contributed by atoms with Gasteiger partial charge in [0.25, 0.3) is 5.91 Å². The summed E-state index contributed by atoms with van der Waals surface area (Å²) in [5, 5.41) is 3.50. The van der Waals surface area contributed by atoms with Gasteiger partial charge in [-0.25, -0.2) is 4.98 Å². The van der Waals surface area contributed by atoms with E-state index >= 15 is 0 Å². The van der Waals surface area contributed by atoms with E-state index in [0.29, 0.717) is 29.0 Å². The van der Waals surface area contributed by atoms with Crippen LogP contribution in [0, 0.1) is 5.92 Å². The maximum atomic E-state index is 12.4. The van der Waals surface area contributed by atoms with Gasteiger partial charge in [0, 0.05) is 24.5 Å². The van der Waals surface area contributed by atoms with Crippen molar-refractivity contribution in [2.24, 2.45) is 5.92 Å². The normalized spacial score (nSPS) is 16.1. The summed E-state index contributed by atoms with van der Waals surface area (Å²) in [5.41, 5.74) is 1.32. The van der Waals surface area contributed by atoms with Crippen molar-refractivity contribution < 1.29 is 9.53 Å². The van der Waals surface area contributed by atoms with Gasteiger partial charge in [0.2, 0.25) is 0 Å². The first-order valence-electron chi connectivity index (χ1n) is 9.12. The minimum Gasteiger partial charge on any atom is -0.487 e. The van der Waals surface area contributed by atoms with Gasteiger partial charge < -0.3 is 10.1 Å². The van der Waals surface area contributed by atoms with Gasteiger partial charge >= 0.3 is 0 Å². The molecular weight excluding hydrogens is 350 g/mol. The van der Waals surface area contributed by atoms with Crippen molar-refractivity contribution in [3.05, 3.63) is 53.1 Å². The van der Waals surface area contributed by atoms with Crippen LogP contribution in [0.1, 0.15) is 55.1 Å². The third-order valence-electron chi connectivity index (χ3n) is 4.89. The summed E-state index contributed by atoms with van der Waals surface area (Å²) >= 11 is 5.83. The third kappa shape index (κ3) is 5.18. The summed E-state index contributed by atoms with van der Waals surface area (Å²) in [4.78, 5) is 20.7. The molecule has 1 atom stereocenters. The van der Waals surface area contributed by atoms with Crippen LogP contribution in [0.2, 0.25) is 5.15 Å². The number of carbonyl (C=O) groups excluding carboxylic acids is 1. The highest BCUT2D eigenvalue weighted by Gasteiger charge is 2.21. The van der Waals surface area contributed by atoms with E-state index in [1.165, 1.54) is 32.1 Å². The first-order chi connectivity index (χ1) is 12.6. The van der Waals surface area contributed by atoms with E-state index in [-0.39, 0.29) is 11.9 Å². The fourth-order valence-corrected chi connectivity index (χ4v) is 3.48. The third-order valence-corrected chi connectivity index (χ3v) is 5.09. The standard InChI is InChI=1S/C20H24ClN3O2/c1-14(15-5-3-2-4-6-15)24-20(25)16-7-8-17(23-12-16)13-26-18-9-10-22-19(21)11-18/h7-12,14-15H,2-6,13H2,1H3,(H,24,25). The summed E-state index contributed by atoms with van der Waals surface area (Å²) in [6.45, 7) is 2.41. The van der Waals surface area contributed by atoms with E-state index in [9.17, 15) is 4.79 Å². The molecule has 0 radical (unpaired) electrons. The average Bonchev–Trinajstić information content (AvgIpc) is 2.67. The van der Waals surface area contributed by atoms with E-state index in [2.05, 4.69) is 22.2 Å². The molecule has 2 heterocycles. The highest BCUT2D eigenvalue weighted by molar-refractivity contribution is 6.29. The van der Waals surface area contributed by atoms with E-state index < -0.39 is 0 Å². The fourth-order valence-electron chi connectivity index (χ4n) is 3.32. The Labute approximate surface area is 159 Å². The number of carbonyl (C=O) groups is 1. The molecule has 1 N–H and O–H groups in total. The highest BCUT2D eigenvalue weighted by atomic mass is 35.5. The second-order valence-corrected chi connectivity index (χ2v) is 7.19. The summed E-state index contributed by atoms with van der Waals surface area (Å²) in [6.07, 6.45) is 9.45. The number of halogens is 1. The molecular formula is C20H24ClN3O2. The minimum absolute atomic E-state index is 0.0658. The van der Waals surface area contributed by atoms with E-state index in [1.807, 2.05) is 6.07 Å². The Morgan fingerprint density at radius 1 is 1.27 bits per heavy atom. The van der Waals surface area contributed by atoms with Gasteiger partial charge in [-0.1, -0.05) is 30.9 Å². The predicted molar refractivity (Wildman–Crippen MR) is 101 cm³/mol. The van der Waals surface area contributed by atoms with Crippen molar-refractivity contribution in [2.75, 3.05) is 0 Å². The summed E-state index contributed by atoms with van der Waals surface area (Å²) in [7, 11) is 0. The number of nitrogens with zero attached hydrogens (tertiary/aromatic N) is 2. The number of aromatic nitrogens is 2. The van der Waals surface area contributed by atoms with Gasteiger partial charge in [-0.05, 0) is 43.9 Å². The van der Waals surface area contributed by atoms with Gasteiger partial charge in [0.1, 0.15) is 17.5 Å². The molecule has 0 aliphatic heterocycles. The van der Waals surface area contributed by atoms with Crippen molar-refractivity contribution >= 4 is 17.5 Å². The van der Waals surface area contributed by atoms with Crippen molar-refractivity contribution in [2.45, 2.75) is 51.7 Å². The van der Waals surface area contributed by atoms with Crippen LogP contribution in [-0.2, 0) is 6.61 Å². The Bertz CT molecular complexity index is 730. The maximum Gasteiger partial charge on any atom is 0.253 e. The van der Waals surface area contributed by atoms with Crippen LogP contribution in [0.25, 0.3) is 0 Å². The Balaban J connectivity index is 1.52. The van der Waals surface area contributed by atoms with Crippen molar-refractivity contribution in [3.63, 3.8) is 0 Å². The Hall–Kier alpha value is -2.14. The molecule has 1 saturated carbocycles. The molecule has 2 aromatic heterocycles. The Morgan fingerprint density at radius 3 is 2.77 bits per heavy atom. The van der Waals surface area contributed by atoms with Crippen LogP contribution in [0.4, 0.5) is 0 Å². The van der Waals surface area contributed by atoms with Crippen LogP contribution in [0.15, 0.2) is 36.7 Å². The smallest absolute Gasteiger partial charge is 0.253 e. The number of nitrogens with one attached hydrogen (secondary N) is 1. The first-order valence-corrected chi connectivity index (χ1v) is 9.50. The maximum absolute atomic E-state index is 12.4. The number of rotatable bonds is 6. The Morgan fingerprint density at radius 2 is 2.08 bits per heavy atom. The molecule has 0 spiro atoms. The van der Waals surface area contributed by atoms with Crippen LogP contribution in [0.5, 0.6) is 5.75 Å². The van der Waals surface area contributed by atoms with E-state index in [0.717, 1.165) is 5.69 Å². The number of pyridine rings is 2. The predicted octanol–water partition coefficient (Wildman–Crippen LogP) is 4.41. The molecule has 0 aromatic carbocycles. The zero-order valence-electron chi connectivity index (χ0n) is 15.0. The average molecular weight is 374 g/mol. The van der Waals surface area contributed by atoms with Gasteiger partial charge in [-0.3, -0.25) is 9.78 Å². The first kappa shape index (κ1) is 18.6. The lowest BCUT2D eigenvalue weighted by molar-refractivity contribution is 0.0919. The van der Waals surface area contributed by atoms with Crippen LogP contribution in [0.3, 0.4) is 0 Å². The molecule has 1 unspecified atom stereocenters. The quantitative estimate of drug-likeness (QED) is 0.762. The number of amides is 1. The topological polar surface area (TPSA) is 64.1 Å². The van der Waals surface area contributed by atoms with E-state index in [1.54, 1.807) is 30.6 Å². The second kappa shape index (κ2) is 8.99. The largest absolute Gasteiger partial charge is 0.487 e. The Kier molecular flexibility index (Phi) is 6.45. The lowest BCUT2D eigenvalue weighted by atomic mass is 9.84. The molecule has 1 amide bonds. The van der Waals surface area contributed by atoms with Crippen molar-refractivity contribution in [1.82, 2.24) is 15.3 Å².